The van der Waals surface area contributed by atoms with Gasteiger partial charge in [0.05, 0.1) is 32.3 Å². The number of carbonyl (C=O) groups excluding carboxylic acids is 1. The Morgan fingerprint density at radius 1 is 1.27 bits per heavy atom. The second-order valence-electron chi connectivity index (χ2n) is 5.68. The maximum Gasteiger partial charge on any atom is 0.225 e. The Balaban J connectivity index is 1.65. The first-order valence-corrected chi connectivity index (χ1v) is 8.05. The van der Waals surface area contributed by atoms with Crippen molar-refractivity contribution in [3.8, 4) is 5.75 Å². The Bertz CT molecular complexity index is 525. The van der Waals surface area contributed by atoms with Crippen molar-refractivity contribution >= 4 is 5.91 Å². The van der Waals surface area contributed by atoms with Crippen LogP contribution in [-0.2, 0) is 20.7 Å². The number of amides is 1. The first kappa shape index (κ1) is 15.3. The lowest BCUT2D eigenvalue weighted by Gasteiger charge is -2.29. The second-order valence-corrected chi connectivity index (χ2v) is 5.68. The van der Waals surface area contributed by atoms with Gasteiger partial charge in [0.25, 0.3) is 0 Å². The van der Waals surface area contributed by atoms with E-state index in [1.54, 1.807) is 0 Å². The monoisotopic (exact) mass is 305 g/mol. The standard InChI is InChI=1S/C17H23NO4/c1-2-12-5-3-6-13-14(7-10-22-17(12)13)18-15(19)11-16-20-8-4-9-21-16/h3,5-6,14,16H,2,4,7-11H2,1H3,(H,18,19). The van der Waals surface area contributed by atoms with E-state index in [0.29, 0.717) is 19.8 Å². The Kier molecular flexibility index (Phi) is 4.95. The van der Waals surface area contributed by atoms with Crippen molar-refractivity contribution in [3.05, 3.63) is 29.3 Å². The van der Waals surface area contributed by atoms with Crippen LogP contribution in [0.25, 0.3) is 0 Å². The first-order valence-electron chi connectivity index (χ1n) is 8.05. The molecule has 2 aliphatic heterocycles. The summed E-state index contributed by atoms with van der Waals surface area (Å²) in [6.07, 6.45) is 2.45. The fourth-order valence-electron chi connectivity index (χ4n) is 2.98. The lowest BCUT2D eigenvalue weighted by molar-refractivity contribution is -0.184. The van der Waals surface area contributed by atoms with Crippen molar-refractivity contribution in [2.45, 2.75) is 44.9 Å². The number of benzene rings is 1. The number of ether oxygens (including phenoxy) is 3. The number of aryl methyl sites for hydroxylation is 1. The molecule has 0 aliphatic carbocycles. The third-order valence-electron chi connectivity index (χ3n) is 4.12. The van der Waals surface area contributed by atoms with Gasteiger partial charge in [-0.15, -0.1) is 0 Å². The first-order chi connectivity index (χ1) is 10.8. The molecule has 22 heavy (non-hydrogen) atoms. The summed E-state index contributed by atoms with van der Waals surface area (Å²) in [7, 11) is 0. The maximum absolute atomic E-state index is 12.2. The van der Waals surface area contributed by atoms with Crippen LogP contribution in [0.4, 0.5) is 0 Å². The highest BCUT2D eigenvalue weighted by atomic mass is 16.7. The van der Waals surface area contributed by atoms with Crippen molar-refractivity contribution in [3.63, 3.8) is 0 Å². The predicted octanol–water partition coefficient (Wildman–Crippen LogP) is 2.34. The van der Waals surface area contributed by atoms with E-state index in [2.05, 4.69) is 18.3 Å². The van der Waals surface area contributed by atoms with Crippen LogP contribution in [-0.4, -0.2) is 32.0 Å². The molecule has 2 aliphatic rings. The molecule has 1 fully saturated rings. The highest BCUT2D eigenvalue weighted by Gasteiger charge is 2.26. The number of fused-ring (bicyclic) bond motifs is 1. The van der Waals surface area contributed by atoms with Crippen LogP contribution >= 0.6 is 0 Å². The number of carbonyl (C=O) groups is 1. The third-order valence-corrected chi connectivity index (χ3v) is 4.12. The van der Waals surface area contributed by atoms with E-state index in [0.717, 1.165) is 30.6 Å². The Labute approximate surface area is 130 Å². The van der Waals surface area contributed by atoms with Gasteiger partial charge in [0.2, 0.25) is 5.91 Å². The highest BCUT2D eigenvalue weighted by molar-refractivity contribution is 5.77. The molecule has 0 spiro atoms. The molecular weight excluding hydrogens is 282 g/mol. The van der Waals surface area contributed by atoms with Gasteiger partial charge in [-0.2, -0.15) is 0 Å². The van der Waals surface area contributed by atoms with Gasteiger partial charge in [0.1, 0.15) is 5.75 Å². The quantitative estimate of drug-likeness (QED) is 0.927. The average molecular weight is 305 g/mol. The van der Waals surface area contributed by atoms with E-state index in [-0.39, 0.29) is 18.4 Å². The van der Waals surface area contributed by atoms with Crippen molar-refractivity contribution in [1.29, 1.82) is 0 Å². The van der Waals surface area contributed by atoms with Gasteiger partial charge in [0, 0.05) is 12.0 Å². The molecule has 1 saturated heterocycles. The molecule has 5 nitrogen and oxygen atoms in total. The summed E-state index contributed by atoms with van der Waals surface area (Å²) in [5.74, 6) is 0.901. The number of hydrogen-bond donors (Lipinski definition) is 1. The maximum atomic E-state index is 12.2. The van der Waals surface area contributed by atoms with Gasteiger partial charge in [0.15, 0.2) is 6.29 Å². The fourth-order valence-corrected chi connectivity index (χ4v) is 2.98. The lowest BCUT2D eigenvalue weighted by atomic mass is 9.96. The van der Waals surface area contributed by atoms with Gasteiger partial charge < -0.3 is 19.5 Å². The summed E-state index contributed by atoms with van der Waals surface area (Å²) in [4.78, 5) is 12.2. The van der Waals surface area contributed by atoms with Gasteiger partial charge >= 0.3 is 0 Å². The normalized spacial score (nSPS) is 21.8. The topological polar surface area (TPSA) is 56.8 Å². The fraction of sp³-hybridized carbons (Fsp3) is 0.588. The number of para-hydroxylation sites is 1. The zero-order valence-electron chi connectivity index (χ0n) is 13.0. The van der Waals surface area contributed by atoms with Crippen LogP contribution in [0.15, 0.2) is 18.2 Å². The minimum Gasteiger partial charge on any atom is -0.493 e. The van der Waals surface area contributed by atoms with Crippen molar-refractivity contribution in [2.24, 2.45) is 0 Å². The van der Waals surface area contributed by atoms with E-state index in [1.807, 2.05) is 12.1 Å². The van der Waals surface area contributed by atoms with E-state index < -0.39 is 6.29 Å². The molecule has 1 unspecified atom stereocenters. The van der Waals surface area contributed by atoms with Gasteiger partial charge in [-0.25, -0.2) is 0 Å². The van der Waals surface area contributed by atoms with Crippen LogP contribution < -0.4 is 10.1 Å². The van der Waals surface area contributed by atoms with Gasteiger partial charge in [-0.3, -0.25) is 4.79 Å². The van der Waals surface area contributed by atoms with E-state index in [1.165, 1.54) is 5.56 Å². The smallest absolute Gasteiger partial charge is 0.225 e. The molecule has 1 amide bonds. The van der Waals surface area contributed by atoms with E-state index in [9.17, 15) is 4.79 Å². The van der Waals surface area contributed by atoms with Gasteiger partial charge in [-0.1, -0.05) is 25.1 Å². The molecule has 3 rings (SSSR count). The molecule has 1 N–H and O–H groups in total. The lowest BCUT2D eigenvalue weighted by Crippen LogP contribution is -2.36. The summed E-state index contributed by atoms with van der Waals surface area (Å²) < 4.78 is 16.7. The molecule has 0 saturated carbocycles. The van der Waals surface area contributed by atoms with Crippen LogP contribution in [0, 0.1) is 0 Å². The molecule has 1 aromatic carbocycles. The van der Waals surface area contributed by atoms with E-state index in [4.69, 9.17) is 14.2 Å². The predicted molar refractivity (Wildman–Crippen MR) is 81.7 cm³/mol. The van der Waals surface area contributed by atoms with Crippen LogP contribution in [0.5, 0.6) is 5.75 Å². The minimum absolute atomic E-state index is 0.00587. The Morgan fingerprint density at radius 2 is 2.09 bits per heavy atom. The van der Waals surface area contributed by atoms with Gasteiger partial charge in [-0.05, 0) is 18.4 Å². The van der Waals surface area contributed by atoms with Crippen molar-refractivity contribution < 1.29 is 19.0 Å². The van der Waals surface area contributed by atoms with Crippen LogP contribution in [0.1, 0.15) is 43.4 Å². The summed E-state index contributed by atoms with van der Waals surface area (Å²) in [5, 5.41) is 3.09. The summed E-state index contributed by atoms with van der Waals surface area (Å²) in [5.41, 5.74) is 2.26. The average Bonchev–Trinajstić information content (AvgIpc) is 2.55. The Morgan fingerprint density at radius 3 is 2.86 bits per heavy atom. The molecule has 0 aromatic heterocycles. The van der Waals surface area contributed by atoms with Crippen molar-refractivity contribution in [1.82, 2.24) is 5.32 Å². The highest BCUT2D eigenvalue weighted by Crippen LogP contribution is 2.35. The number of hydrogen-bond acceptors (Lipinski definition) is 4. The molecule has 0 bridgehead atoms. The zero-order valence-corrected chi connectivity index (χ0v) is 13.0. The second kappa shape index (κ2) is 7.11. The zero-order chi connectivity index (χ0) is 15.4. The number of nitrogens with one attached hydrogen (secondary N) is 1. The number of rotatable bonds is 4. The summed E-state index contributed by atoms with van der Waals surface area (Å²) >= 11 is 0. The Hall–Kier alpha value is -1.59. The van der Waals surface area contributed by atoms with Crippen LogP contribution in [0.2, 0.25) is 0 Å². The molecule has 5 heteroatoms. The summed E-state index contributed by atoms with van der Waals surface area (Å²) in [6, 6.07) is 6.14. The molecule has 120 valence electrons. The summed E-state index contributed by atoms with van der Waals surface area (Å²) in [6.45, 7) is 4.07. The van der Waals surface area contributed by atoms with Crippen LogP contribution in [0.3, 0.4) is 0 Å². The largest absolute Gasteiger partial charge is 0.493 e. The molecule has 1 aromatic rings. The van der Waals surface area contributed by atoms with Crippen molar-refractivity contribution in [2.75, 3.05) is 19.8 Å². The molecule has 1 atom stereocenters. The van der Waals surface area contributed by atoms with E-state index >= 15 is 0 Å². The molecule has 2 heterocycles. The third kappa shape index (κ3) is 3.42. The molecule has 0 radical (unpaired) electrons. The SMILES string of the molecule is CCc1cccc2c1OCCC2NC(=O)CC1OCCCO1. The minimum atomic E-state index is -0.407. The molecular formula is C17H23NO4.